The minimum Gasteiger partial charge on any atom is -0.462 e. The summed E-state index contributed by atoms with van der Waals surface area (Å²) in [6.45, 7) is 2.00. The molecule has 2 aromatic carbocycles. The predicted octanol–water partition coefficient (Wildman–Crippen LogP) is 5.90. The van der Waals surface area contributed by atoms with Crippen molar-refractivity contribution in [2.24, 2.45) is 0 Å². The molecule has 4 nitrogen and oxygen atoms in total. The van der Waals surface area contributed by atoms with Crippen molar-refractivity contribution in [2.75, 3.05) is 11.9 Å². The Kier molecular flexibility index (Phi) is 6.63. The van der Waals surface area contributed by atoms with E-state index in [1.165, 1.54) is 17.4 Å². The largest absolute Gasteiger partial charge is 0.462 e. The first-order valence-corrected chi connectivity index (χ1v) is 9.93. The maximum atomic E-state index is 12.5. The van der Waals surface area contributed by atoms with E-state index < -0.39 is 5.97 Å². The molecule has 0 unspecified atom stereocenters. The zero-order valence-electron chi connectivity index (χ0n) is 15.1. The summed E-state index contributed by atoms with van der Waals surface area (Å²) in [5, 5.41) is 5.63. The molecule has 0 spiro atoms. The van der Waals surface area contributed by atoms with Crippen LogP contribution in [-0.4, -0.2) is 18.5 Å². The number of hydrogen-bond acceptors (Lipinski definition) is 4. The van der Waals surface area contributed by atoms with Crippen molar-refractivity contribution in [1.82, 2.24) is 0 Å². The van der Waals surface area contributed by atoms with Gasteiger partial charge in [0.2, 0.25) is 5.91 Å². The summed E-state index contributed by atoms with van der Waals surface area (Å²) < 4.78 is 5.20. The lowest BCUT2D eigenvalue weighted by Gasteiger charge is -2.08. The number of anilines is 1. The highest BCUT2D eigenvalue weighted by Gasteiger charge is 2.22. The van der Waals surface area contributed by atoms with E-state index in [2.05, 4.69) is 5.32 Å². The van der Waals surface area contributed by atoms with E-state index in [9.17, 15) is 9.59 Å². The lowest BCUT2D eigenvalue weighted by molar-refractivity contribution is -0.111. The van der Waals surface area contributed by atoms with Crippen molar-refractivity contribution in [2.45, 2.75) is 6.92 Å². The van der Waals surface area contributed by atoms with Gasteiger partial charge in [-0.15, -0.1) is 11.3 Å². The van der Waals surface area contributed by atoms with Gasteiger partial charge in [0.15, 0.2) is 0 Å². The van der Waals surface area contributed by atoms with Crippen LogP contribution in [-0.2, 0) is 9.53 Å². The number of rotatable bonds is 6. The summed E-state index contributed by atoms with van der Waals surface area (Å²) in [7, 11) is 0. The SMILES string of the molecule is CCOC(=O)c1c(-c2ccccc2)csc1NC(=O)C=Cc1ccccc1Cl. The van der Waals surface area contributed by atoms with Crippen LogP contribution in [0.4, 0.5) is 5.00 Å². The van der Waals surface area contributed by atoms with E-state index in [1.807, 2.05) is 53.9 Å². The van der Waals surface area contributed by atoms with Gasteiger partial charge in [-0.3, -0.25) is 4.79 Å². The third-order valence-corrected chi connectivity index (χ3v) is 5.15. The number of thiophene rings is 1. The monoisotopic (exact) mass is 411 g/mol. The Hall–Kier alpha value is -2.89. The fourth-order valence-corrected chi connectivity index (χ4v) is 3.77. The van der Waals surface area contributed by atoms with E-state index in [0.29, 0.717) is 15.6 Å². The van der Waals surface area contributed by atoms with Crippen molar-refractivity contribution in [3.05, 3.63) is 82.2 Å². The Labute approximate surface area is 172 Å². The lowest BCUT2D eigenvalue weighted by Crippen LogP contribution is -2.12. The molecule has 0 saturated heterocycles. The molecule has 0 bridgehead atoms. The first kappa shape index (κ1) is 19.9. The second-order valence-electron chi connectivity index (χ2n) is 5.78. The highest BCUT2D eigenvalue weighted by molar-refractivity contribution is 7.15. The molecular weight excluding hydrogens is 394 g/mol. The van der Waals surface area contributed by atoms with Gasteiger partial charge in [-0.1, -0.05) is 60.1 Å². The van der Waals surface area contributed by atoms with Crippen molar-refractivity contribution in [3.63, 3.8) is 0 Å². The molecule has 1 heterocycles. The Balaban J connectivity index is 1.87. The number of benzene rings is 2. The summed E-state index contributed by atoms with van der Waals surface area (Å²) in [4.78, 5) is 24.9. The van der Waals surface area contributed by atoms with Crippen LogP contribution in [0.2, 0.25) is 5.02 Å². The van der Waals surface area contributed by atoms with Crippen LogP contribution in [0.3, 0.4) is 0 Å². The maximum absolute atomic E-state index is 12.5. The molecule has 0 saturated carbocycles. The molecule has 1 N–H and O–H groups in total. The van der Waals surface area contributed by atoms with Crippen LogP contribution in [0.15, 0.2) is 66.1 Å². The fourth-order valence-electron chi connectivity index (χ4n) is 2.62. The predicted molar refractivity (Wildman–Crippen MR) is 115 cm³/mol. The molecule has 1 aromatic heterocycles. The summed E-state index contributed by atoms with van der Waals surface area (Å²) in [6, 6.07) is 16.7. The molecule has 0 atom stereocenters. The number of amides is 1. The first-order chi connectivity index (χ1) is 13.6. The van der Waals surface area contributed by atoms with Gasteiger partial charge in [-0.05, 0) is 30.2 Å². The summed E-state index contributed by atoms with van der Waals surface area (Å²) in [5.41, 5.74) is 2.71. The third-order valence-electron chi connectivity index (χ3n) is 3.91. The van der Waals surface area contributed by atoms with Gasteiger partial charge in [0.05, 0.1) is 6.61 Å². The second-order valence-corrected chi connectivity index (χ2v) is 7.07. The molecule has 3 aromatic rings. The zero-order valence-corrected chi connectivity index (χ0v) is 16.7. The smallest absolute Gasteiger partial charge is 0.341 e. The van der Waals surface area contributed by atoms with E-state index in [0.717, 1.165) is 16.7 Å². The molecule has 28 heavy (non-hydrogen) atoms. The van der Waals surface area contributed by atoms with Crippen LogP contribution >= 0.6 is 22.9 Å². The first-order valence-electron chi connectivity index (χ1n) is 8.67. The molecule has 3 rings (SSSR count). The highest BCUT2D eigenvalue weighted by Crippen LogP contribution is 2.36. The number of carbonyl (C=O) groups excluding carboxylic acids is 2. The van der Waals surface area contributed by atoms with Crippen molar-refractivity contribution >= 4 is 45.9 Å². The molecule has 0 aliphatic heterocycles. The Morgan fingerprint density at radius 3 is 2.54 bits per heavy atom. The molecular formula is C22H18ClNO3S. The normalized spacial score (nSPS) is 10.8. The summed E-state index contributed by atoms with van der Waals surface area (Å²) >= 11 is 7.38. The second kappa shape index (κ2) is 9.35. The van der Waals surface area contributed by atoms with E-state index in [4.69, 9.17) is 16.3 Å². The molecule has 0 radical (unpaired) electrons. The number of hydrogen-bond donors (Lipinski definition) is 1. The van der Waals surface area contributed by atoms with Gasteiger partial charge in [0.25, 0.3) is 0 Å². The molecule has 0 fully saturated rings. The average molecular weight is 412 g/mol. The van der Waals surface area contributed by atoms with E-state index in [-0.39, 0.29) is 12.5 Å². The third kappa shape index (κ3) is 4.68. The minimum absolute atomic E-state index is 0.253. The fraction of sp³-hybridized carbons (Fsp3) is 0.0909. The number of carbonyl (C=O) groups is 2. The van der Waals surface area contributed by atoms with Gasteiger partial charge in [0, 0.05) is 22.0 Å². The summed E-state index contributed by atoms with van der Waals surface area (Å²) in [5.74, 6) is -0.820. The van der Waals surface area contributed by atoms with Gasteiger partial charge in [-0.2, -0.15) is 0 Å². The number of nitrogens with one attached hydrogen (secondary N) is 1. The molecule has 1 amide bonds. The molecule has 142 valence electrons. The van der Waals surface area contributed by atoms with E-state index in [1.54, 1.807) is 19.1 Å². The Morgan fingerprint density at radius 2 is 1.82 bits per heavy atom. The van der Waals surface area contributed by atoms with Crippen LogP contribution in [0, 0.1) is 0 Å². The highest BCUT2D eigenvalue weighted by atomic mass is 35.5. The number of ether oxygens (including phenoxy) is 1. The minimum atomic E-state index is -0.465. The zero-order chi connectivity index (χ0) is 19.9. The van der Waals surface area contributed by atoms with Crippen LogP contribution in [0.25, 0.3) is 17.2 Å². The molecule has 0 aliphatic carbocycles. The van der Waals surface area contributed by atoms with Crippen molar-refractivity contribution in [3.8, 4) is 11.1 Å². The van der Waals surface area contributed by atoms with Gasteiger partial charge >= 0.3 is 5.97 Å². The van der Waals surface area contributed by atoms with Crippen molar-refractivity contribution < 1.29 is 14.3 Å². The topological polar surface area (TPSA) is 55.4 Å². The van der Waals surface area contributed by atoms with E-state index >= 15 is 0 Å². The van der Waals surface area contributed by atoms with Gasteiger partial charge in [0.1, 0.15) is 10.6 Å². The molecule has 6 heteroatoms. The number of esters is 1. The lowest BCUT2D eigenvalue weighted by atomic mass is 10.0. The average Bonchev–Trinajstić information content (AvgIpc) is 3.12. The van der Waals surface area contributed by atoms with Gasteiger partial charge in [-0.25, -0.2) is 4.79 Å². The van der Waals surface area contributed by atoms with Crippen molar-refractivity contribution in [1.29, 1.82) is 0 Å². The summed E-state index contributed by atoms with van der Waals surface area (Å²) in [6.07, 6.45) is 3.02. The van der Waals surface area contributed by atoms with Gasteiger partial charge < -0.3 is 10.1 Å². The quantitative estimate of drug-likeness (QED) is 0.406. The maximum Gasteiger partial charge on any atom is 0.341 e. The van der Waals surface area contributed by atoms with Crippen LogP contribution in [0.1, 0.15) is 22.8 Å². The Bertz CT molecular complexity index is 1010. The number of halogens is 1. The standard InChI is InChI=1S/C22H18ClNO3S/c1-2-27-22(26)20-17(15-8-4-3-5-9-15)14-28-21(20)24-19(25)13-12-16-10-6-7-11-18(16)23/h3-14H,2H2,1H3,(H,24,25). The molecule has 0 aliphatic rings. The van der Waals surface area contributed by atoms with Crippen LogP contribution in [0.5, 0.6) is 0 Å². The van der Waals surface area contributed by atoms with Crippen LogP contribution < -0.4 is 5.32 Å². The Morgan fingerprint density at radius 1 is 1.11 bits per heavy atom.